The lowest BCUT2D eigenvalue weighted by atomic mass is 10.2. The Morgan fingerprint density at radius 3 is 1.87 bits per heavy atom. The van der Waals surface area contributed by atoms with E-state index in [-0.39, 0.29) is 10.8 Å². The molecule has 0 aromatic heterocycles. The number of hydrogen-bond acceptors (Lipinski definition) is 5. The number of ether oxygens (including phenoxy) is 2. The SMILES string of the molecule is CCOc1ccccc1NC(=O)c1ccc(S(=O)(=O)Nc2ccccc2OCC)cc1. The lowest BCUT2D eigenvalue weighted by Crippen LogP contribution is -2.15. The Hall–Kier alpha value is -3.52. The maximum absolute atomic E-state index is 12.8. The maximum Gasteiger partial charge on any atom is 0.262 e. The maximum atomic E-state index is 12.8. The third kappa shape index (κ3) is 5.55. The number of anilines is 2. The van der Waals surface area contributed by atoms with Gasteiger partial charge >= 0.3 is 0 Å². The predicted octanol–water partition coefficient (Wildman–Crippen LogP) is 4.54. The number of sulfonamides is 1. The first-order valence-electron chi connectivity index (χ1n) is 9.82. The summed E-state index contributed by atoms with van der Waals surface area (Å²) >= 11 is 0. The Balaban J connectivity index is 1.76. The fourth-order valence-corrected chi connectivity index (χ4v) is 3.94. The van der Waals surface area contributed by atoms with E-state index < -0.39 is 10.0 Å². The van der Waals surface area contributed by atoms with E-state index in [2.05, 4.69) is 10.0 Å². The van der Waals surface area contributed by atoms with Crippen molar-refractivity contribution in [2.45, 2.75) is 18.7 Å². The van der Waals surface area contributed by atoms with Crippen LogP contribution >= 0.6 is 0 Å². The molecule has 0 fully saturated rings. The summed E-state index contributed by atoms with van der Waals surface area (Å²) in [6.07, 6.45) is 0. The average molecular weight is 441 g/mol. The van der Waals surface area contributed by atoms with Gasteiger partial charge in [-0.25, -0.2) is 8.42 Å². The molecule has 3 rings (SSSR count). The smallest absolute Gasteiger partial charge is 0.262 e. The molecular weight excluding hydrogens is 416 g/mol. The van der Waals surface area contributed by atoms with E-state index in [9.17, 15) is 13.2 Å². The molecule has 0 saturated heterocycles. The van der Waals surface area contributed by atoms with E-state index >= 15 is 0 Å². The summed E-state index contributed by atoms with van der Waals surface area (Å²) in [5.74, 6) is 0.637. The minimum absolute atomic E-state index is 0.0325. The van der Waals surface area contributed by atoms with Crippen molar-refractivity contribution >= 4 is 27.3 Å². The number of hydrogen-bond donors (Lipinski definition) is 2. The molecule has 0 atom stereocenters. The molecule has 1 amide bonds. The van der Waals surface area contributed by atoms with Crippen LogP contribution in [0.2, 0.25) is 0 Å². The predicted molar refractivity (Wildman–Crippen MR) is 120 cm³/mol. The van der Waals surface area contributed by atoms with E-state index in [0.717, 1.165) is 0 Å². The largest absolute Gasteiger partial charge is 0.492 e. The van der Waals surface area contributed by atoms with Crippen molar-refractivity contribution in [3.05, 3.63) is 78.4 Å². The first kappa shape index (κ1) is 22.2. The van der Waals surface area contributed by atoms with Crippen LogP contribution < -0.4 is 19.5 Å². The minimum Gasteiger partial charge on any atom is -0.492 e. The second kappa shape index (κ2) is 9.99. The van der Waals surface area contributed by atoms with Gasteiger partial charge in [-0.3, -0.25) is 9.52 Å². The summed E-state index contributed by atoms with van der Waals surface area (Å²) in [6.45, 7) is 4.56. The Morgan fingerprint density at radius 1 is 0.774 bits per heavy atom. The topological polar surface area (TPSA) is 93.7 Å². The lowest BCUT2D eigenvalue weighted by Gasteiger charge is -2.13. The minimum atomic E-state index is -3.85. The molecule has 31 heavy (non-hydrogen) atoms. The van der Waals surface area contributed by atoms with Gasteiger partial charge in [0.2, 0.25) is 0 Å². The van der Waals surface area contributed by atoms with Crippen molar-refractivity contribution in [2.75, 3.05) is 23.3 Å². The van der Waals surface area contributed by atoms with Crippen LogP contribution in [0.1, 0.15) is 24.2 Å². The van der Waals surface area contributed by atoms with Crippen LogP contribution in [0.3, 0.4) is 0 Å². The highest BCUT2D eigenvalue weighted by molar-refractivity contribution is 7.92. The molecule has 0 aliphatic carbocycles. The zero-order chi connectivity index (χ0) is 22.3. The molecular formula is C23H24N2O5S. The molecule has 0 spiro atoms. The molecule has 0 unspecified atom stereocenters. The Morgan fingerprint density at radius 2 is 1.29 bits per heavy atom. The van der Waals surface area contributed by atoms with Crippen LogP contribution in [0.4, 0.5) is 11.4 Å². The number of carbonyl (C=O) groups is 1. The van der Waals surface area contributed by atoms with Gasteiger partial charge in [-0.2, -0.15) is 0 Å². The van der Waals surface area contributed by atoms with Crippen molar-refractivity contribution in [3.63, 3.8) is 0 Å². The number of benzene rings is 3. The van der Waals surface area contributed by atoms with E-state index in [4.69, 9.17) is 9.47 Å². The quantitative estimate of drug-likeness (QED) is 0.510. The van der Waals surface area contributed by atoms with Gasteiger partial charge in [0, 0.05) is 5.56 Å². The van der Waals surface area contributed by atoms with Crippen LogP contribution in [0, 0.1) is 0 Å². The summed E-state index contributed by atoms with van der Waals surface area (Å²) in [4.78, 5) is 12.6. The average Bonchev–Trinajstić information content (AvgIpc) is 2.77. The van der Waals surface area contributed by atoms with Crippen LogP contribution in [-0.4, -0.2) is 27.5 Å². The van der Waals surface area contributed by atoms with Gasteiger partial charge in [0.25, 0.3) is 15.9 Å². The van der Waals surface area contributed by atoms with E-state index in [0.29, 0.717) is 41.7 Å². The lowest BCUT2D eigenvalue weighted by molar-refractivity contribution is 0.102. The highest BCUT2D eigenvalue weighted by atomic mass is 32.2. The summed E-state index contributed by atoms with van der Waals surface area (Å²) in [6, 6.07) is 19.6. The van der Waals surface area contributed by atoms with E-state index in [1.54, 1.807) is 42.5 Å². The van der Waals surface area contributed by atoms with Gasteiger partial charge in [-0.1, -0.05) is 24.3 Å². The molecule has 3 aromatic rings. The van der Waals surface area contributed by atoms with Crippen molar-refractivity contribution in [1.82, 2.24) is 0 Å². The second-order valence-electron chi connectivity index (χ2n) is 6.44. The van der Waals surface area contributed by atoms with Gasteiger partial charge in [0.15, 0.2) is 0 Å². The molecule has 3 aromatic carbocycles. The van der Waals surface area contributed by atoms with Gasteiger partial charge < -0.3 is 14.8 Å². The number of rotatable bonds is 9. The summed E-state index contributed by atoms with van der Waals surface area (Å²) in [5, 5.41) is 2.79. The molecule has 0 aliphatic rings. The van der Waals surface area contributed by atoms with Crippen LogP contribution in [-0.2, 0) is 10.0 Å². The molecule has 2 N–H and O–H groups in total. The number of para-hydroxylation sites is 4. The van der Waals surface area contributed by atoms with E-state index in [1.807, 2.05) is 19.9 Å². The Bertz CT molecular complexity index is 1140. The standard InChI is InChI=1S/C23H24N2O5S/c1-3-29-21-11-7-5-9-19(21)24-23(26)17-13-15-18(16-14-17)31(27,28)25-20-10-6-8-12-22(20)30-4-2/h5-16,25H,3-4H2,1-2H3,(H,24,26). The fraction of sp³-hybridized carbons (Fsp3) is 0.174. The van der Waals surface area contributed by atoms with Gasteiger partial charge in [0.1, 0.15) is 11.5 Å². The van der Waals surface area contributed by atoms with Gasteiger partial charge in [-0.15, -0.1) is 0 Å². The molecule has 8 heteroatoms. The second-order valence-corrected chi connectivity index (χ2v) is 8.12. The summed E-state index contributed by atoms with van der Waals surface area (Å²) < 4.78 is 39.0. The fourth-order valence-electron chi connectivity index (χ4n) is 2.87. The highest BCUT2D eigenvalue weighted by Gasteiger charge is 2.18. The van der Waals surface area contributed by atoms with Gasteiger partial charge in [-0.05, 0) is 62.4 Å². The Labute approximate surface area is 182 Å². The molecule has 7 nitrogen and oxygen atoms in total. The van der Waals surface area contributed by atoms with E-state index in [1.165, 1.54) is 24.3 Å². The summed E-state index contributed by atoms with van der Waals surface area (Å²) in [7, 11) is -3.85. The molecule has 0 bridgehead atoms. The summed E-state index contributed by atoms with van der Waals surface area (Å²) in [5.41, 5.74) is 1.21. The third-order valence-electron chi connectivity index (χ3n) is 4.29. The monoisotopic (exact) mass is 440 g/mol. The van der Waals surface area contributed by atoms with Crippen LogP contribution in [0.25, 0.3) is 0 Å². The van der Waals surface area contributed by atoms with Gasteiger partial charge in [0.05, 0.1) is 29.5 Å². The first-order valence-corrected chi connectivity index (χ1v) is 11.3. The van der Waals surface area contributed by atoms with Crippen LogP contribution in [0.5, 0.6) is 11.5 Å². The number of nitrogens with one attached hydrogen (secondary N) is 2. The molecule has 0 radical (unpaired) electrons. The Kier molecular flexibility index (Phi) is 7.15. The zero-order valence-corrected chi connectivity index (χ0v) is 18.1. The molecule has 162 valence electrons. The zero-order valence-electron chi connectivity index (χ0n) is 17.3. The first-order chi connectivity index (χ1) is 14.9. The molecule has 0 heterocycles. The van der Waals surface area contributed by atoms with Crippen molar-refractivity contribution in [1.29, 1.82) is 0 Å². The van der Waals surface area contributed by atoms with Crippen LogP contribution in [0.15, 0.2) is 77.7 Å². The molecule has 0 saturated carbocycles. The number of amides is 1. The molecule has 0 aliphatic heterocycles. The normalized spacial score (nSPS) is 10.9. The van der Waals surface area contributed by atoms with Crippen molar-refractivity contribution < 1.29 is 22.7 Å². The highest BCUT2D eigenvalue weighted by Crippen LogP contribution is 2.27. The third-order valence-corrected chi connectivity index (χ3v) is 5.67. The van der Waals surface area contributed by atoms with Crippen molar-refractivity contribution in [3.8, 4) is 11.5 Å². The number of carbonyl (C=O) groups excluding carboxylic acids is 1. The van der Waals surface area contributed by atoms with Crippen molar-refractivity contribution in [2.24, 2.45) is 0 Å².